The van der Waals surface area contributed by atoms with Gasteiger partial charge in [0.2, 0.25) is 0 Å². The van der Waals surface area contributed by atoms with Crippen molar-refractivity contribution in [3.8, 4) is 11.3 Å². The van der Waals surface area contributed by atoms with Gasteiger partial charge in [-0.25, -0.2) is 4.79 Å². The molecule has 0 aliphatic carbocycles. The van der Waals surface area contributed by atoms with Gasteiger partial charge in [-0.3, -0.25) is 9.59 Å². The predicted octanol–water partition coefficient (Wildman–Crippen LogP) is 3.93. The Bertz CT molecular complexity index is 1090. The Morgan fingerprint density at radius 1 is 1.00 bits per heavy atom. The van der Waals surface area contributed by atoms with Crippen molar-refractivity contribution in [3.05, 3.63) is 71.5 Å². The minimum absolute atomic E-state index is 0.0693. The van der Waals surface area contributed by atoms with Crippen LogP contribution in [0, 0.1) is 6.92 Å². The molecule has 166 valence electrons. The molecule has 3 aromatic rings. The van der Waals surface area contributed by atoms with Crippen LogP contribution in [0.2, 0.25) is 0 Å². The normalized spacial score (nSPS) is 10.5. The van der Waals surface area contributed by atoms with Crippen LogP contribution < -0.4 is 5.32 Å². The highest BCUT2D eigenvalue weighted by molar-refractivity contribution is 6.00. The summed E-state index contributed by atoms with van der Waals surface area (Å²) >= 11 is 0. The average Bonchev–Trinajstić information content (AvgIpc) is 3.20. The highest BCUT2D eigenvalue weighted by Gasteiger charge is 2.23. The second-order valence-corrected chi connectivity index (χ2v) is 7.01. The first kappa shape index (κ1) is 22.7. The van der Waals surface area contributed by atoms with Crippen LogP contribution in [0.1, 0.15) is 40.3 Å². The van der Waals surface area contributed by atoms with Crippen LogP contribution in [0.4, 0.5) is 5.69 Å². The number of nitrogens with zero attached hydrogens (tertiary/aromatic N) is 2. The zero-order valence-corrected chi connectivity index (χ0v) is 18.3. The molecule has 0 unspecified atom stereocenters. The summed E-state index contributed by atoms with van der Waals surface area (Å²) in [5.74, 6) is -0.961. The summed E-state index contributed by atoms with van der Waals surface area (Å²) in [7, 11) is 0. The molecular formula is C24H25N3O5. The lowest BCUT2D eigenvalue weighted by molar-refractivity contribution is -0.119. The predicted molar refractivity (Wildman–Crippen MR) is 119 cm³/mol. The zero-order chi connectivity index (χ0) is 23.1. The third-order valence-corrected chi connectivity index (χ3v) is 4.91. The maximum atomic E-state index is 12.6. The number of aryl methyl sites for hydroxylation is 1. The van der Waals surface area contributed by atoms with Crippen molar-refractivity contribution < 1.29 is 23.6 Å². The molecular weight excluding hydrogens is 410 g/mol. The van der Waals surface area contributed by atoms with E-state index >= 15 is 0 Å². The molecule has 32 heavy (non-hydrogen) atoms. The molecule has 0 radical (unpaired) electrons. The van der Waals surface area contributed by atoms with Crippen LogP contribution in [0.3, 0.4) is 0 Å². The largest absolute Gasteiger partial charge is 0.452 e. The first-order valence-corrected chi connectivity index (χ1v) is 10.3. The zero-order valence-electron chi connectivity index (χ0n) is 18.3. The molecule has 0 saturated heterocycles. The van der Waals surface area contributed by atoms with E-state index in [1.54, 1.807) is 48.2 Å². The van der Waals surface area contributed by atoms with Gasteiger partial charge in [-0.15, -0.1) is 0 Å². The van der Waals surface area contributed by atoms with Crippen LogP contribution in [-0.2, 0) is 9.53 Å². The molecule has 0 aliphatic rings. The minimum atomic E-state index is -0.696. The smallest absolute Gasteiger partial charge is 0.344 e. The molecule has 8 nitrogen and oxygen atoms in total. The number of amides is 2. The third-order valence-electron chi connectivity index (χ3n) is 4.91. The van der Waals surface area contributed by atoms with E-state index in [0.29, 0.717) is 41.4 Å². The number of hydrogen-bond donors (Lipinski definition) is 1. The fraction of sp³-hybridized carbons (Fsp3) is 0.250. The summed E-state index contributed by atoms with van der Waals surface area (Å²) in [6.07, 6.45) is 0. The number of rotatable bonds is 8. The minimum Gasteiger partial charge on any atom is -0.452 e. The summed E-state index contributed by atoms with van der Waals surface area (Å²) in [5.41, 5.74) is 2.29. The Kier molecular flexibility index (Phi) is 7.38. The summed E-state index contributed by atoms with van der Waals surface area (Å²) in [6, 6.07) is 15.7. The lowest BCUT2D eigenvalue weighted by Gasteiger charge is -2.18. The van der Waals surface area contributed by atoms with E-state index in [4.69, 9.17) is 9.26 Å². The molecule has 8 heteroatoms. The number of nitrogens with one attached hydrogen (secondary N) is 1. The van der Waals surface area contributed by atoms with Gasteiger partial charge in [0, 0.05) is 29.9 Å². The lowest BCUT2D eigenvalue weighted by Crippen LogP contribution is -2.30. The van der Waals surface area contributed by atoms with E-state index in [2.05, 4.69) is 10.5 Å². The Morgan fingerprint density at radius 2 is 1.66 bits per heavy atom. The Hall–Kier alpha value is -3.94. The number of ether oxygens (including phenoxy) is 1. The monoisotopic (exact) mass is 435 g/mol. The van der Waals surface area contributed by atoms with Gasteiger partial charge < -0.3 is 19.5 Å². The van der Waals surface area contributed by atoms with Crippen molar-refractivity contribution in [1.82, 2.24) is 10.1 Å². The fourth-order valence-electron chi connectivity index (χ4n) is 3.20. The summed E-state index contributed by atoms with van der Waals surface area (Å²) in [5, 5.41) is 6.59. The highest BCUT2D eigenvalue weighted by Crippen LogP contribution is 2.25. The molecule has 0 fully saturated rings. The number of hydrogen-bond acceptors (Lipinski definition) is 6. The number of anilines is 1. The topological polar surface area (TPSA) is 102 Å². The van der Waals surface area contributed by atoms with Gasteiger partial charge in [-0.05, 0) is 45.0 Å². The second-order valence-electron chi connectivity index (χ2n) is 7.01. The second kappa shape index (κ2) is 10.4. The number of carbonyl (C=O) groups is 3. The van der Waals surface area contributed by atoms with Crippen molar-refractivity contribution in [2.75, 3.05) is 25.0 Å². The van der Waals surface area contributed by atoms with Gasteiger partial charge >= 0.3 is 5.97 Å². The Balaban J connectivity index is 1.60. The molecule has 0 spiro atoms. The third kappa shape index (κ3) is 5.21. The summed E-state index contributed by atoms with van der Waals surface area (Å²) < 4.78 is 10.3. The number of aromatic nitrogens is 1. The Morgan fingerprint density at radius 3 is 2.28 bits per heavy atom. The molecule has 2 aromatic carbocycles. The Labute approximate surface area is 186 Å². The van der Waals surface area contributed by atoms with Crippen LogP contribution in [0.25, 0.3) is 11.3 Å². The SMILES string of the molecule is CCN(CC)C(=O)c1ccc(NC(=O)COC(=O)c2c(-c3ccccc3)noc2C)cc1. The van der Waals surface area contributed by atoms with E-state index < -0.39 is 18.5 Å². The number of esters is 1. The van der Waals surface area contributed by atoms with Gasteiger partial charge in [0.05, 0.1) is 0 Å². The van der Waals surface area contributed by atoms with Gasteiger partial charge in [-0.2, -0.15) is 0 Å². The van der Waals surface area contributed by atoms with Crippen LogP contribution >= 0.6 is 0 Å². The number of carbonyl (C=O) groups excluding carboxylic acids is 3. The van der Waals surface area contributed by atoms with Crippen molar-refractivity contribution >= 4 is 23.5 Å². The van der Waals surface area contributed by atoms with Crippen molar-refractivity contribution in [1.29, 1.82) is 0 Å². The van der Waals surface area contributed by atoms with E-state index in [9.17, 15) is 14.4 Å². The quantitative estimate of drug-likeness (QED) is 0.538. The molecule has 0 bridgehead atoms. The van der Waals surface area contributed by atoms with Crippen LogP contribution in [0.15, 0.2) is 59.1 Å². The summed E-state index contributed by atoms with van der Waals surface area (Å²) in [4.78, 5) is 38.9. The first-order chi connectivity index (χ1) is 15.4. The molecule has 1 aromatic heterocycles. The first-order valence-electron chi connectivity index (χ1n) is 10.3. The van der Waals surface area contributed by atoms with Crippen molar-refractivity contribution in [2.45, 2.75) is 20.8 Å². The maximum absolute atomic E-state index is 12.6. The van der Waals surface area contributed by atoms with Crippen molar-refractivity contribution in [3.63, 3.8) is 0 Å². The highest BCUT2D eigenvalue weighted by atomic mass is 16.5. The van der Waals surface area contributed by atoms with Gasteiger partial charge in [0.1, 0.15) is 17.0 Å². The van der Waals surface area contributed by atoms with E-state index in [1.165, 1.54) is 0 Å². The molecule has 2 amide bonds. The van der Waals surface area contributed by atoms with Crippen LogP contribution in [0.5, 0.6) is 0 Å². The van der Waals surface area contributed by atoms with Crippen molar-refractivity contribution in [2.24, 2.45) is 0 Å². The fourth-order valence-corrected chi connectivity index (χ4v) is 3.20. The summed E-state index contributed by atoms with van der Waals surface area (Å²) in [6.45, 7) is 6.21. The van der Waals surface area contributed by atoms with Gasteiger partial charge in [-0.1, -0.05) is 35.5 Å². The molecule has 0 saturated carbocycles. The molecule has 1 N–H and O–H groups in total. The van der Waals surface area contributed by atoms with Gasteiger partial charge in [0.15, 0.2) is 6.61 Å². The standard InChI is InChI=1S/C24H25N3O5/c1-4-27(5-2)23(29)18-11-13-19(14-12-18)25-20(28)15-31-24(30)21-16(3)32-26-22(21)17-9-7-6-8-10-17/h6-14H,4-5,15H2,1-3H3,(H,25,28). The molecule has 0 aliphatic heterocycles. The van der Waals surface area contributed by atoms with E-state index in [0.717, 1.165) is 0 Å². The molecule has 0 atom stereocenters. The van der Waals surface area contributed by atoms with Gasteiger partial charge in [0.25, 0.3) is 11.8 Å². The molecule has 3 rings (SSSR count). The van der Waals surface area contributed by atoms with E-state index in [-0.39, 0.29) is 11.5 Å². The lowest BCUT2D eigenvalue weighted by atomic mass is 10.1. The van der Waals surface area contributed by atoms with E-state index in [1.807, 2.05) is 32.0 Å². The maximum Gasteiger partial charge on any atom is 0.344 e. The number of benzene rings is 2. The van der Waals surface area contributed by atoms with Crippen LogP contribution in [-0.4, -0.2) is 47.5 Å². The average molecular weight is 435 g/mol. The molecule has 1 heterocycles.